The van der Waals surface area contributed by atoms with Gasteiger partial charge in [0.25, 0.3) is 0 Å². The van der Waals surface area contributed by atoms with E-state index in [1.54, 1.807) is 0 Å². The zero-order valence-electron chi connectivity index (χ0n) is 8.81. The molecule has 1 saturated heterocycles. The molecule has 1 N–H and O–H groups in total. The number of aromatic nitrogens is 2. The van der Waals surface area contributed by atoms with Gasteiger partial charge in [-0.1, -0.05) is 0 Å². The number of piperidine rings is 1. The predicted molar refractivity (Wildman–Crippen MR) is 61.7 cm³/mol. The van der Waals surface area contributed by atoms with E-state index in [1.165, 1.54) is 25.5 Å². The van der Waals surface area contributed by atoms with Gasteiger partial charge in [0.1, 0.15) is 5.82 Å². The van der Waals surface area contributed by atoms with Crippen molar-refractivity contribution in [2.45, 2.75) is 26.2 Å². The molecular weight excluding hydrogens is 214 g/mol. The first-order valence-corrected chi connectivity index (χ1v) is 5.05. The summed E-state index contributed by atoms with van der Waals surface area (Å²) in [6, 6.07) is 0. The molecule has 84 valence electrons. The fourth-order valence-electron chi connectivity index (χ4n) is 1.79. The van der Waals surface area contributed by atoms with Gasteiger partial charge in [-0.3, -0.25) is 0 Å². The van der Waals surface area contributed by atoms with Crippen LogP contribution in [0.2, 0.25) is 0 Å². The standard InChI is InChI=1S/C10H15N3O.ClH/c1-8-11-7-9(14)10(12-8)13-5-3-2-4-6-13;/h7,14H,2-6H2,1H3;1H. The third-order valence-electron chi connectivity index (χ3n) is 2.53. The highest BCUT2D eigenvalue weighted by molar-refractivity contribution is 5.85. The Kier molecular flexibility index (Phi) is 4.15. The number of nitrogens with zero attached hydrogens (tertiary/aromatic N) is 3. The van der Waals surface area contributed by atoms with Gasteiger partial charge in [-0.25, -0.2) is 9.97 Å². The Bertz CT molecular complexity index is 326. The molecule has 0 aromatic carbocycles. The molecule has 0 atom stereocenters. The molecule has 0 spiro atoms. The Labute approximate surface area is 95.8 Å². The molecule has 1 aliphatic rings. The van der Waals surface area contributed by atoms with E-state index in [4.69, 9.17) is 0 Å². The van der Waals surface area contributed by atoms with Crippen LogP contribution in [0.4, 0.5) is 5.82 Å². The van der Waals surface area contributed by atoms with Gasteiger partial charge < -0.3 is 10.0 Å². The largest absolute Gasteiger partial charge is 0.503 e. The van der Waals surface area contributed by atoms with Crippen molar-refractivity contribution in [1.82, 2.24) is 9.97 Å². The fourth-order valence-corrected chi connectivity index (χ4v) is 1.79. The van der Waals surface area contributed by atoms with Crippen LogP contribution in [0.25, 0.3) is 0 Å². The van der Waals surface area contributed by atoms with Crippen molar-refractivity contribution >= 4 is 18.2 Å². The van der Waals surface area contributed by atoms with E-state index in [-0.39, 0.29) is 18.2 Å². The van der Waals surface area contributed by atoms with Crippen molar-refractivity contribution in [3.63, 3.8) is 0 Å². The molecule has 15 heavy (non-hydrogen) atoms. The van der Waals surface area contributed by atoms with Crippen molar-refractivity contribution in [1.29, 1.82) is 0 Å². The summed E-state index contributed by atoms with van der Waals surface area (Å²) < 4.78 is 0. The molecule has 5 heteroatoms. The molecule has 1 fully saturated rings. The highest BCUT2D eigenvalue weighted by atomic mass is 35.5. The van der Waals surface area contributed by atoms with Crippen molar-refractivity contribution in [3.8, 4) is 5.75 Å². The number of rotatable bonds is 1. The van der Waals surface area contributed by atoms with Gasteiger partial charge in [0, 0.05) is 13.1 Å². The first-order valence-electron chi connectivity index (χ1n) is 5.05. The summed E-state index contributed by atoms with van der Waals surface area (Å²) in [5, 5.41) is 9.62. The maximum atomic E-state index is 9.62. The van der Waals surface area contributed by atoms with Crippen LogP contribution in [0.15, 0.2) is 6.20 Å². The monoisotopic (exact) mass is 229 g/mol. The Hall–Kier alpha value is -1.03. The second-order valence-electron chi connectivity index (χ2n) is 3.67. The van der Waals surface area contributed by atoms with Crippen LogP contribution < -0.4 is 4.90 Å². The topological polar surface area (TPSA) is 49.3 Å². The van der Waals surface area contributed by atoms with E-state index < -0.39 is 0 Å². The Balaban J connectivity index is 0.00000112. The average Bonchev–Trinajstić information content (AvgIpc) is 2.23. The highest BCUT2D eigenvalue weighted by Crippen LogP contribution is 2.25. The van der Waals surface area contributed by atoms with Crippen molar-refractivity contribution in [2.75, 3.05) is 18.0 Å². The van der Waals surface area contributed by atoms with Gasteiger partial charge in [-0.15, -0.1) is 12.4 Å². The predicted octanol–water partition coefficient (Wildman–Crippen LogP) is 1.90. The SMILES string of the molecule is Cc1ncc(O)c(N2CCCCC2)n1.Cl. The molecule has 0 saturated carbocycles. The van der Waals surface area contributed by atoms with Crippen molar-refractivity contribution < 1.29 is 5.11 Å². The van der Waals surface area contributed by atoms with E-state index >= 15 is 0 Å². The molecule has 0 amide bonds. The molecular formula is C10H16ClN3O. The van der Waals surface area contributed by atoms with E-state index in [9.17, 15) is 5.11 Å². The zero-order valence-corrected chi connectivity index (χ0v) is 9.63. The van der Waals surface area contributed by atoms with Crippen LogP contribution >= 0.6 is 12.4 Å². The molecule has 4 nitrogen and oxygen atoms in total. The lowest BCUT2D eigenvalue weighted by Crippen LogP contribution is -2.30. The normalized spacial score (nSPS) is 15.9. The van der Waals surface area contributed by atoms with Crippen molar-refractivity contribution in [2.24, 2.45) is 0 Å². The fraction of sp³-hybridized carbons (Fsp3) is 0.600. The lowest BCUT2D eigenvalue weighted by Gasteiger charge is -2.28. The molecule has 1 aromatic heterocycles. The van der Waals surface area contributed by atoms with Crippen LogP contribution in [-0.2, 0) is 0 Å². The van der Waals surface area contributed by atoms with E-state index in [0.29, 0.717) is 11.6 Å². The number of aryl methyl sites for hydroxylation is 1. The Morgan fingerprint density at radius 1 is 1.27 bits per heavy atom. The van der Waals surface area contributed by atoms with Crippen LogP contribution in [0.1, 0.15) is 25.1 Å². The zero-order chi connectivity index (χ0) is 9.97. The maximum Gasteiger partial charge on any atom is 0.177 e. The highest BCUT2D eigenvalue weighted by Gasteiger charge is 2.15. The van der Waals surface area contributed by atoms with E-state index in [0.717, 1.165) is 13.1 Å². The first kappa shape index (κ1) is 12.0. The smallest absolute Gasteiger partial charge is 0.177 e. The summed E-state index contributed by atoms with van der Waals surface area (Å²) in [6.45, 7) is 3.82. The summed E-state index contributed by atoms with van der Waals surface area (Å²) >= 11 is 0. The van der Waals surface area contributed by atoms with Gasteiger partial charge in [0.15, 0.2) is 11.6 Å². The summed E-state index contributed by atoms with van der Waals surface area (Å²) in [5.74, 6) is 1.60. The summed E-state index contributed by atoms with van der Waals surface area (Å²) in [7, 11) is 0. The van der Waals surface area contributed by atoms with Crippen LogP contribution in [0, 0.1) is 6.92 Å². The lowest BCUT2D eigenvalue weighted by atomic mass is 10.1. The van der Waals surface area contributed by atoms with Crippen LogP contribution in [0.5, 0.6) is 5.75 Å². The third kappa shape index (κ3) is 2.72. The van der Waals surface area contributed by atoms with Gasteiger partial charge in [0.2, 0.25) is 0 Å². The van der Waals surface area contributed by atoms with Crippen molar-refractivity contribution in [3.05, 3.63) is 12.0 Å². The first-order chi connectivity index (χ1) is 6.77. The Morgan fingerprint density at radius 3 is 2.60 bits per heavy atom. The number of aromatic hydroxyl groups is 1. The van der Waals surface area contributed by atoms with Gasteiger partial charge in [-0.05, 0) is 26.2 Å². The summed E-state index contributed by atoms with van der Waals surface area (Å²) in [6.07, 6.45) is 5.12. The summed E-state index contributed by atoms with van der Waals surface area (Å²) in [4.78, 5) is 10.3. The molecule has 0 aliphatic carbocycles. The van der Waals surface area contributed by atoms with Crippen LogP contribution in [-0.4, -0.2) is 28.2 Å². The van der Waals surface area contributed by atoms with Gasteiger partial charge in [0.05, 0.1) is 6.20 Å². The number of anilines is 1. The number of hydrogen-bond acceptors (Lipinski definition) is 4. The molecule has 2 heterocycles. The number of hydrogen-bond donors (Lipinski definition) is 1. The molecule has 1 aliphatic heterocycles. The van der Waals surface area contributed by atoms with Crippen LogP contribution in [0.3, 0.4) is 0 Å². The number of halogens is 1. The minimum atomic E-state index is 0. The summed E-state index contributed by atoms with van der Waals surface area (Å²) in [5.41, 5.74) is 0. The maximum absolute atomic E-state index is 9.62. The minimum absolute atomic E-state index is 0. The van der Waals surface area contributed by atoms with E-state index in [2.05, 4.69) is 14.9 Å². The molecule has 0 unspecified atom stereocenters. The minimum Gasteiger partial charge on any atom is -0.503 e. The second kappa shape index (κ2) is 5.16. The molecule has 0 bridgehead atoms. The average molecular weight is 230 g/mol. The molecule has 0 radical (unpaired) electrons. The lowest BCUT2D eigenvalue weighted by molar-refractivity contribution is 0.462. The molecule has 1 aromatic rings. The Morgan fingerprint density at radius 2 is 1.93 bits per heavy atom. The van der Waals surface area contributed by atoms with Gasteiger partial charge >= 0.3 is 0 Å². The van der Waals surface area contributed by atoms with Gasteiger partial charge in [-0.2, -0.15) is 0 Å². The second-order valence-corrected chi connectivity index (χ2v) is 3.67. The quantitative estimate of drug-likeness (QED) is 0.799. The van der Waals surface area contributed by atoms with E-state index in [1.807, 2.05) is 6.92 Å². The molecule has 2 rings (SSSR count). The third-order valence-corrected chi connectivity index (χ3v) is 2.53.